The Balaban J connectivity index is 2.19. The molecule has 7 heteroatoms. The van der Waals surface area contributed by atoms with Gasteiger partial charge in [0.1, 0.15) is 0 Å². The van der Waals surface area contributed by atoms with E-state index in [2.05, 4.69) is 4.72 Å². The number of para-hydroxylation sites is 1. The molecule has 0 saturated carbocycles. The second kappa shape index (κ2) is 9.34. The minimum atomic E-state index is -3.55. The number of ether oxygens (including phenoxy) is 2. The number of rotatable bonds is 9. The fourth-order valence-electron chi connectivity index (χ4n) is 2.42. The predicted molar refractivity (Wildman–Crippen MR) is 105 cm³/mol. The second-order valence-corrected chi connectivity index (χ2v) is 7.47. The van der Waals surface area contributed by atoms with Gasteiger partial charge < -0.3 is 9.47 Å². The van der Waals surface area contributed by atoms with Crippen LogP contribution in [0.4, 0.5) is 0 Å². The first-order chi connectivity index (χ1) is 12.9. The van der Waals surface area contributed by atoms with Gasteiger partial charge in [0.05, 0.1) is 19.1 Å². The van der Waals surface area contributed by atoms with Crippen molar-refractivity contribution in [1.29, 1.82) is 0 Å². The second-order valence-electron chi connectivity index (χ2n) is 5.70. The average Bonchev–Trinajstić information content (AvgIpc) is 2.70. The third-order valence-corrected chi connectivity index (χ3v) is 5.32. The summed E-state index contributed by atoms with van der Waals surface area (Å²) in [5, 5.41) is 0. The Hall–Kier alpha value is -2.64. The van der Waals surface area contributed by atoms with Crippen LogP contribution in [0, 0.1) is 0 Å². The van der Waals surface area contributed by atoms with E-state index in [1.807, 2.05) is 6.92 Å². The zero-order valence-corrected chi connectivity index (χ0v) is 16.4. The third-order valence-electron chi connectivity index (χ3n) is 3.84. The van der Waals surface area contributed by atoms with E-state index in [4.69, 9.17) is 9.47 Å². The summed E-state index contributed by atoms with van der Waals surface area (Å²) >= 11 is 0. The smallest absolute Gasteiger partial charge is 0.240 e. The Morgan fingerprint density at radius 1 is 1.07 bits per heavy atom. The Labute approximate surface area is 159 Å². The molecule has 0 radical (unpaired) electrons. The largest absolute Gasteiger partial charge is 0.493 e. The van der Waals surface area contributed by atoms with Crippen LogP contribution < -0.4 is 14.2 Å². The van der Waals surface area contributed by atoms with Crippen molar-refractivity contribution in [3.8, 4) is 11.5 Å². The highest BCUT2D eigenvalue weighted by Gasteiger charge is 2.13. The molecule has 2 rings (SSSR count). The first-order valence-corrected chi connectivity index (χ1v) is 9.94. The number of allylic oxidation sites excluding steroid dienone is 1. The van der Waals surface area contributed by atoms with Crippen molar-refractivity contribution >= 4 is 21.9 Å². The van der Waals surface area contributed by atoms with Crippen LogP contribution in [-0.4, -0.2) is 35.0 Å². The van der Waals surface area contributed by atoms with E-state index in [1.54, 1.807) is 31.4 Å². The van der Waals surface area contributed by atoms with Gasteiger partial charge in [0.25, 0.3) is 0 Å². The lowest BCUT2D eigenvalue weighted by molar-refractivity contribution is 0.104. The fourth-order valence-corrected chi connectivity index (χ4v) is 3.56. The number of hydrogen-bond acceptors (Lipinski definition) is 5. The number of nitrogens with one attached hydrogen (secondary N) is 1. The quantitative estimate of drug-likeness (QED) is 0.526. The van der Waals surface area contributed by atoms with Gasteiger partial charge in [0.15, 0.2) is 17.3 Å². The molecule has 0 heterocycles. The zero-order valence-electron chi connectivity index (χ0n) is 15.6. The van der Waals surface area contributed by atoms with Crippen molar-refractivity contribution < 1.29 is 22.7 Å². The maximum atomic E-state index is 12.4. The van der Waals surface area contributed by atoms with E-state index in [1.165, 1.54) is 37.5 Å². The van der Waals surface area contributed by atoms with E-state index in [-0.39, 0.29) is 10.7 Å². The number of sulfonamides is 1. The van der Waals surface area contributed by atoms with Gasteiger partial charge in [-0.1, -0.05) is 19.1 Å². The van der Waals surface area contributed by atoms with Gasteiger partial charge in [0.2, 0.25) is 10.0 Å². The van der Waals surface area contributed by atoms with Crippen LogP contribution in [0.25, 0.3) is 6.08 Å². The van der Waals surface area contributed by atoms with E-state index in [0.717, 1.165) is 0 Å². The van der Waals surface area contributed by atoms with Crippen molar-refractivity contribution in [2.45, 2.75) is 18.2 Å². The first kappa shape index (κ1) is 20.7. The van der Waals surface area contributed by atoms with Gasteiger partial charge in [-0.25, -0.2) is 13.1 Å². The van der Waals surface area contributed by atoms with Crippen LogP contribution in [0.3, 0.4) is 0 Å². The highest BCUT2D eigenvalue weighted by atomic mass is 32.2. The molecule has 2 aromatic carbocycles. The van der Waals surface area contributed by atoms with Gasteiger partial charge in [-0.15, -0.1) is 0 Å². The highest BCUT2D eigenvalue weighted by Crippen LogP contribution is 2.31. The Morgan fingerprint density at radius 3 is 2.37 bits per heavy atom. The molecule has 0 aliphatic rings. The lowest BCUT2D eigenvalue weighted by atomic mass is 10.1. The maximum absolute atomic E-state index is 12.4. The number of hydrogen-bond donors (Lipinski definition) is 1. The normalized spacial score (nSPS) is 11.5. The summed E-state index contributed by atoms with van der Waals surface area (Å²) in [6.45, 7) is 2.25. The molecule has 27 heavy (non-hydrogen) atoms. The van der Waals surface area contributed by atoms with Crippen LogP contribution in [-0.2, 0) is 10.0 Å². The van der Waals surface area contributed by atoms with Gasteiger partial charge >= 0.3 is 0 Å². The van der Waals surface area contributed by atoms with Crippen LogP contribution in [0.2, 0.25) is 0 Å². The van der Waals surface area contributed by atoms with Crippen molar-refractivity contribution in [3.63, 3.8) is 0 Å². The Bertz CT molecular complexity index is 918. The Morgan fingerprint density at radius 2 is 1.78 bits per heavy atom. The molecule has 0 atom stereocenters. The van der Waals surface area contributed by atoms with Crippen LogP contribution in [0.1, 0.15) is 29.3 Å². The maximum Gasteiger partial charge on any atom is 0.240 e. The number of carbonyl (C=O) groups is 1. The SMILES string of the molecule is CCCNS(=O)(=O)c1ccc(C(=O)/C=C/c2cccc(OC)c2OC)cc1. The zero-order chi connectivity index (χ0) is 19.9. The van der Waals surface area contributed by atoms with Crippen molar-refractivity contribution in [3.05, 3.63) is 59.7 Å². The predicted octanol–water partition coefficient (Wildman–Crippen LogP) is 3.29. The molecule has 0 aliphatic heterocycles. The minimum absolute atomic E-state index is 0.131. The van der Waals surface area contributed by atoms with E-state index in [0.29, 0.717) is 35.6 Å². The number of carbonyl (C=O) groups excluding carboxylic acids is 1. The molecule has 144 valence electrons. The minimum Gasteiger partial charge on any atom is -0.493 e. The van der Waals surface area contributed by atoms with Crippen molar-refractivity contribution in [1.82, 2.24) is 4.72 Å². The number of methoxy groups -OCH3 is 2. The molecule has 1 N–H and O–H groups in total. The summed E-state index contributed by atoms with van der Waals surface area (Å²) in [6.07, 6.45) is 3.75. The average molecular weight is 389 g/mol. The molecular formula is C20H23NO5S. The molecule has 2 aromatic rings. The standard InChI is InChI=1S/C20H23NO5S/c1-4-14-21-27(23,24)17-11-8-15(9-12-17)18(22)13-10-16-6-5-7-19(25-2)20(16)26-3/h5-13,21H,4,14H2,1-3H3/b13-10+. The summed E-state index contributed by atoms with van der Waals surface area (Å²) in [5.74, 6) is 0.860. The monoisotopic (exact) mass is 389 g/mol. The van der Waals surface area contributed by atoms with E-state index < -0.39 is 10.0 Å². The molecule has 0 amide bonds. The first-order valence-electron chi connectivity index (χ1n) is 8.46. The fraction of sp³-hybridized carbons (Fsp3) is 0.250. The molecular weight excluding hydrogens is 366 g/mol. The van der Waals surface area contributed by atoms with E-state index >= 15 is 0 Å². The van der Waals surface area contributed by atoms with Crippen molar-refractivity contribution in [2.24, 2.45) is 0 Å². The summed E-state index contributed by atoms with van der Waals surface area (Å²) in [5.41, 5.74) is 1.09. The van der Waals surface area contributed by atoms with Crippen LogP contribution in [0.15, 0.2) is 53.4 Å². The van der Waals surface area contributed by atoms with Gasteiger partial charge in [-0.2, -0.15) is 0 Å². The van der Waals surface area contributed by atoms with Gasteiger partial charge in [-0.3, -0.25) is 4.79 Å². The third kappa shape index (κ3) is 5.18. The summed E-state index contributed by atoms with van der Waals surface area (Å²) in [7, 11) is -0.473. The summed E-state index contributed by atoms with van der Waals surface area (Å²) < 4.78 is 37.2. The Kier molecular flexibility index (Phi) is 7.15. The molecule has 0 bridgehead atoms. The molecule has 0 aromatic heterocycles. The van der Waals surface area contributed by atoms with Gasteiger partial charge in [0, 0.05) is 17.7 Å². The topological polar surface area (TPSA) is 81.7 Å². The lowest BCUT2D eigenvalue weighted by Crippen LogP contribution is -2.24. The van der Waals surface area contributed by atoms with Crippen LogP contribution in [0.5, 0.6) is 11.5 Å². The highest BCUT2D eigenvalue weighted by molar-refractivity contribution is 7.89. The summed E-state index contributed by atoms with van der Waals surface area (Å²) in [6, 6.07) is 11.2. The molecule has 0 fully saturated rings. The molecule has 0 saturated heterocycles. The number of ketones is 1. The lowest BCUT2D eigenvalue weighted by Gasteiger charge is -2.09. The van der Waals surface area contributed by atoms with E-state index in [9.17, 15) is 13.2 Å². The molecule has 0 spiro atoms. The molecule has 6 nitrogen and oxygen atoms in total. The number of benzene rings is 2. The molecule has 0 aliphatic carbocycles. The molecule has 0 unspecified atom stereocenters. The van der Waals surface area contributed by atoms with Gasteiger partial charge in [-0.05, 0) is 48.9 Å². The van der Waals surface area contributed by atoms with Crippen molar-refractivity contribution in [2.75, 3.05) is 20.8 Å². The summed E-state index contributed by atoms with van der Waals surface area (Å²) in [4.78, 5) is 12.5. The van der Waals surface area contributed by atoms with Crippen LogP contribution >= 0.6 is 0 Å².